The lowest BCUT2D eigenvalue weighted by Gasteiger charge is -2.26. The highest BCUT2D eigenvalue weighted by Crippen LogP contribution is 2.32. The predicted molar refractivity (Wildman–Crippen MR) is 90.7 cm³/mol. The van der Waals surface area contributed by atoms with Crippen LogP contribution in [0.25, 0.3) is 0 Å². The van der Waals surface area contributed by atoms with Gasteiger partial charge in [0.1, 0.15) is 12.1 Å². The maximum Gasteiger partial charge on any atom is 0.325 e. The molecule has 1 fully saturated rings. The topological polar surface area (TPSA) is 69.7 Å². The van der Waals surface area contributed by atoms with Crippen molar-refractivity contribution in [3.63, 3.8) is 0 Å². The molecule has 1 N–H and O–H groups in total. The zero-order valence-corrected chi connectivity index (χ0v) is 14.3. The molecular weight excluding hydrogens is 306 g/mol. The van der Waals surface area contributed by atoms with Crippen LogP contribution in [0.5, 0.6) is 0 Å². The number of hydrogen-bond acceptors (Lipinski definition) is 3. The third-order valence-corrected chi connectivity index (χ3v) is 5.22. The van der Waals surface area contributed by atoms with Crippen molar-refractivity contribution < 1.29 is 14.4 Å². The molecule has 2 heterocycles. The molecule has 128 valence electrons. The van der Waals surface area contributed by atoms with Crippen LogP contribution >= 0.6 is 0 Å². The standard InChI is InChI=1S/C18H23N3O3/c1-4-18(5-2)16(23)20(17(24)19-18)11-15(22)21-12(3)10-13-8-6-7-9-14(13)21/h6-9,12H,4-5,10-11H2,1-3H3,(H,19,24). The number of anilines is 1. The molecule has 1 saturated heterocycles. The molecule has 0 aromatic heterocycles. The van der Waals surface area contributed by atoms with Crippen LogP contribution < -0.4 is 10.2 Å². The van der Waals surface area contributed by atoms with E-state index in [1.807, 2.05) is 45.0 Å². The first-order valence-electron chi connectivity index (χ1n) is 8.47. The Hall–Kier alpha value is -2.37. The third-order valence-electron chi connectivity index (χ3n) is 5.22. The van der Waals surface area contributed by atoms with Crippen LogP contribution in [-0.4, -0.2) is 40.9 Å². The quantitative estimate of drug-likeness (QED) is 0.860. The van der Waals surface area contributed by atoms with E-state index in [4.69, 9.17) is 0 Å². The number of para-hydroxylation sites is 1. The molecule has 0 aliphatic carbocycles. The summed E-state index contributed by atoms with van der Waals surface area (Å²) >= 11 is 0. The minimum Gasteiger partial charge on any atom is -0.323 e. The van der Waals surface area contributed by atoms with Crippen LogP contribution in [0, 0.1) is 0 Å². The number of carbonyl (C=O) groups is 3. The molecule has 0 saturated carbocycles. The van der Waals surface area contributed by atoms with E-state index in [1.165, 1.54) is 0 Å². The van der Waals surface area contributed by atoms with Gasteiger partial charge in [-0.15, -0.1) is 0 Å². The summed E-state index contributed by atoms with van der Waals surface area (Å²) in [5.41, 5.74) is 1.12. The van der Waals surface area contributed by atoms with E-state index in [-0.39, 0.29) is 24.4 Å². The molecule has 1 aromatic rings. The van der Waals surface area contributed by atoms with Crippen LogP contribution in [0.1, 0.15) is 39.2 Å². The Morgan fingerprint density at radius 3 is 2.54 bits per heavy atom. The molecule has 3 rings (SSSR count). The summed E-state index contributed by atoms with van der Waals surface area (Å²) in [5, 5.41) is 2.76. The molecule has 1 aromatic carbocycles. The molecule has 1 unspecified atom stereocenters. The first-order chi connectivity index (χ1) is 11.4. The Bertz CT molecular complexity index is 697. The van der Waals surface area contributed by atoms with Crippen molar-refractivity contribution in [2.24, 2.45) is 0 Å². The number of rotatable bonds is 4. The Labute approximate surface area is 141 Å². The highest BCUT2D eigenvalue weighted by molar-refractivity contribution is 6.10. The van der Waals surface area contributed by atoms with Crippen molar-refractivity contribution in [3.8, 4) is 0 Å². The number of amides is 4. The van der Waals surface area contributed by atoms with Gasteiger partial charge in [0.25, 0.3) is 5.91 Å². The van der Waals surface area contributed by atoms with Crippen molar-refractivity contribution in [2.45, 2.75) is 51.6 Å². The van der Waals surface area contributed by atoms with E-state index < -0.39 is 11.6 Å². The summed E-state index contributed by atoms with van der Waals surface area (Å²) < 4.78 is 0. The molecule has 0 spiro atoms. The van der Waals surface area contributed by atoms with Gasteiger partial charge in [-0.25, -0.2) is 4.79 Å². The fourth-order valence-electron chi connectivity index (χ4n) is 3.71. The number of carbonyl (C=O) groups excluding carboxylic acids is 3. The largest absolute Gasteiger partial charge is 0.325 e. The second-order valence-corrected chi connectivity index (χ2v) is 6.56. The molecule has 2 aliphatic heterocycles. The third kappa shape index (κ3) is 2.37. The van der Waals surface area contributed by atoms with E-state index in [2.05, 4.69) is 5.32 Å². The minimum atomic E-state index is -0.869. The molecule has 24 heavy (non-hydrogen) atoms. The summed E-state index contributed by atoms with van der Waals surface area (Å²) in [5.74, 6) is -0.523. The predicted octanol–water partition coefficient (Wildman–Crippen LogP) is 2.07. The summed E-state index contributed by atoms with van der Waals surface area (Å²) in [6, 6.07) is 7.31. The fourth-order valence-corrected chi connectivity index (χ4v) is 3.71. The minimum absolute atomic E-state index is 0.0257. The van der Waals surface area contributed by atoms with Crippen molar-refractivity contribution in [1.82, 2.24) is 10.2 Å². The molecular formula is C18H23N3O3. The summed E-state index contributed by atoms with van der Waals surface area (Å²) in [4.78, 5) is 40.4. The fraction of sp³-hybridized carbons (Fsp3) is 0.500. The average molecular weight is 329 g/mol. The van der Waals surface area contributed by atoms with Crippen LogP contribution in [0.4, 0.5) is 10.5 Å². The van der Waals surface area contributed by atoms with Crippen molar-refractivity contribution in [3.05, 3.63) is 29.8 Å². The van der Waals surface area contributed by atoms with Gasteiger partial charge in [0.2, 0.25) is 5.91 Å². The Balaban J connectivity index is 1.81. The number of nitrogens with zero attached hydrogens (tertiary/aromatic N) is 2. The lowest BCUT2D eigenvalue weighted by molar-refractivity contribution is -0.134. The summed E-state index contributed by atoms with van der Waals surface area (Å²) in [7, 11) is 0. The van der Waals surface area contributed by atoms with Crippen molar-refractivity contribution >= 4 is 23.5 Å². The molecule has 6 heteroatoms. The second kappa shape index (κ2) is 5.92. The van der Waals surface area contributed by atoms with Crippen LogP contribution in [0.3, 0.4) is 0 Å². The van der Waals surface area contributed by atoms with Gasteiger partial charge in [0, 0.05) is 11.7 Å². The van der Waals surface area contributed by atoms with Gasteiger partial charge in [-0.3, -0.25) is 14.5 Å². The van der Waals surface area contributed by atoms with Crippen LogP contribution in [0.2, 0.25) is 0 Å². The Morgan fingerprint density at radius 1 is 1.25 bits per heavy atom. The number of nitrogens with one attached hydrogen (secondary N) is 1. The van der Waals surface area contributed by atoms with Gasteiger partial charge in [0.15, 0.2) is 0 Å². The van der Waals surface area contributed by atoms with E-state index in [0.717, 1.165) is 22.6 Å². The number of fused-ring (bicyclic) bond motifs is 1. The summed E-state index contributed by atoms with van der Waals surface area (Å²) in [6.07, 6.45) is 1.82. The number of imide groups is 1. The van der Waals surface area contributed by atoms with Gasteiger partial charge < -0.3 is 10.2 Å². The molecule has 0 radical (unpaired) electrons. The van der Waals surface area contributed by atoms with Gasteiger partial charge in [-0.2, -0.15) is 0 Å². The van der Waals surface area contributed by atoms with Gasteiger partial charge in [-0.1, -0.05) is 32.0 Å². The van der Waals surface area contributed by atoms with Crippen molar-refractivity contribution in [2.75, 3.05) is 11.4 Å². The van der Waals surface area contributed by atoms with E-state index in [0.29, 0.717) is 12.8 Å². The number of benzene rings is 1. The van der Waals surface area contributed by atoms with E-state index in [1.54, 1.807) is 4.90 Å². The van der Waals surface area contributed by atoms with Crippen LogP contribution in [0.15, 0.2) is 24.3 Å². The monoisotopic (exact) mass is 329 g/mol. The smallest absolute Gasteiger partial charge is 0.323 e. The lowest BCUT2D eigenvalue weighted by atomic mass is 9.93. The zero-order chi connectivity index (χ0) is 17.5. The highest BCUT2D eigenvalue weighted by Gasteiger charge is 2.49. The molecule has 1 atom stereocenters. The van der Waals surface area contributed by atoms with E-state index in [9.17, 15) is 14.4 Å². The average Bonchev–Trinajstić information content (AvgIpc) is 3.03. The first-order valence-corrected chi connectivity index (χ1v) is 8.47. The first kappa shape index (κ1) is 16.5. The van der Waals surface area contributed by atoms with E-state index >= 15 is 0 Å². The SMILES string of the molecule is CCC1(CC)NC(=O)N(CC(=O)N2c3ccccc3CC2C)C1=O. The normalized spacial score (nSPS) is 21.9. The highest BCUT2D eigenvalue weighted by atomic mass is 16.2. The van der Waals surface area contributed by atoms with Gasteiger partial charge in [0.05, 0.1) is 0 Å². The molecule has 6 nitrogen and oxygen atoms in total. The van der Waals surface area contributed by atoms with Gasteiger partial charge >= 0.3 is 6.03 Å². The van der Waals surface area contributed by atoms with Crippen LogP contribution in [-0.2, 0) is 16.0 Å². The lowest BCUT2D eigenvalue weighted by Crippen LogP contribution is -2.47. The van der Waals surface area contributed by atoms with Gasteiger partial charge in [-0.05, 0) is 37.8 Å². The Morgan fingerprint density at radius 2 is 1.92 bits per heavy atom. The Kier molecular flexibility index (Phi) is 4.07. The second-order valence-electron chi connectivity index (χ2n) is 6.56. The zero-order valence-electron chi connectivity index (χ0n) is 14.3. The molecule has 2 aliphatic rings. The maximum atomic E-state index is 12.8. The number of urea groups is 1. The number of hydrogen-bond donors (Lipinski definition) is 1. The molecule has 4 amide bonds. The summed E-state index contributed by atoms with van der Waals surface area (Å²) in [6.45, 7) is 5.49. The van der Waals surface area contributed by atoms with Crippen molar-refractivity contribution in [1.29, 1.82) is 0 Å². The molecule has 0 bridgehead atoms. The maximum absolute atomic E-state index is 12.8.